The fourth-order valence-corrected chi connectivity index (χ4v) is 1.91. The number of oxazole rings is 1. The number of nitrogens with zero attached hydrogens (tertiary/aromatic N) is 1. The molecule has 1 aromatic carbocycles. The van der Waals surface area contributed by atoms with Gasteiger partial charge in [-0.3, -0.25) is 0 Å². The van der Waals surface area contributed by atoms with Crippen molar-refractivity contribution in [1.29, 1.82) is 0 Å². The summed E-state index contributed by atoms with van der Waals surface area (Å²) in [7, 11) is 0. The van der Waals surface area contributed by atoms with E-state index in [-0.39, 0.29) is 0 Å². The summed E-state index contributed by atoms with van der Waals surface area (Å²) in [5, 5.41) is 3.35. The molecule has 3 heteroatoms. The van der Waals surface area contributed by atoms with Gasteiger partial charge in [0.25, 0.3) is 0 Å². The van der Waals surface area contributed by atoms with Gasteiger partial charge in [0, 0.05) is 12.1 Å². The molecule has 0 aliphatic rings. The van der Waals surface area contributed by atoms with Gasteiger partial charge < -0.3 is 9.73 Å². The second-order valence-corrected chi connectivity index (χ2v) is 4.36. The normalized spacial score (nSPS) is 10.8. The third-order valence-electron chi connectivity index (χ3n) is 2.98. The van der Waals surface area contributed by atoms with Gasteiger partial charge in [0.1, 0.15) is 5.69 Å². The average molecular weight is 244 g/mol. The molecule has 18 heavy (non-hydrogen) atoms. The number of rotatable bonds is 6. The lowest BCUT2D eigenvalue weighted by Crippen LogP contribution is -2.14. The lowest BCUT2D eigenvalue weighted by Gasteiger charge is -2.04. The van der Waals surface area contributed by atoms with E-state index in [0.717, 1.165) is 42.9 Å². The number of benzene rings is 1. The Balaban J connectivity index is 2.14. The highest BCUT2D eigenvalue weighted by molar-refractivity contribution is 5.60. The molecule has 0 saturated carbocycles. The van der Waals surface area contributed by atoms with Crippen LogP contribution in [-0.2, 0) is 13.0 Å². The van der Waals surface area contributed by atoms with Crippen molar-refractivity contribution in [1.82, 2.24) is 10.3 Å². The van der Waals surface area contributed by atoms with Gasteiger partial charge in [-0.05, 0) is 24.9 Å². The largest absolute Gasteiger partial charge is 0.443 e. The minimum absolute atomic E-state index is 0.759. The van der Waals surface area contributed by atoms with Gasteiger partial charge >= 0.3 is 0 Å². The molecule has 1 aromatic heterocycles. The molecule has 2 rings (SSSR count). The Morgan fingerprint density at radius 2 is 1.94 bits per heavy atom. The van der Waals surface area contributed by atoms with E-state index in [1.165, 1.54) is 12.0 Å². The van der Waals surface area contributed by atoms with Gasteiger partial charge in [-0.15, -0.1) is 0 Å². The lowest BCUT2D eigenvalue weighted by atomic mass is 10.1. The number of nitrogens with one attached hydrogen (secondary N) is 1. The molecule has 0 fully saturated rings. The third kappa shape index (κ3) is 2.99. The monoisotopic (exact) mass is 244 g/mol. The van der Waals surface area contributed by atoms with E-state index in [9.17, 15) is 0 Å². The summed E-state index contributed by atoms with van der Waals surface area (Å²) < 4.78 is 5.50. The maximum absolute atomic E-state index is 5.50. The van der Waals surface area contributed by atoms with Crippen LogP contribution in [0.3, 0.4) is 0 Å². The smallest absolute Gasteiger partial charge is 0.181 e. The molecule has 0 saturated heterocycles. The predicted molar refractivity (Wildman–Crippen MR) is 73.3 cm³/mol. The first-order chi connectivity index (χ1) is 8.85. The van der Waals surface area contributed by atoms with Crippen molar-refractivity contribution in [2.75, 3.05) is 6.54 Å². The molecule has 0 unspecified atom stereocenters. The Hall–Kier alpha value is -1.61. The van der Waals surface area contributed by atoms with Crippen molar-refractivity contribution in [3.8, 4) is 11.3 Å². The zero-order valence-corrected chi connectivity index (χ0v) is 11.1. The highest BCUT2D eigenvalue weighted by Crippen LogP contribution is 2.23. The van der Waals surface area contributed by atoms with Gasteiger partial charge in [0.15, 0.2) is 12.2 Å². The van der Waals surface area contributed by atoms with E-state index in [1.807, 2.05) is 0 Å². The lowest BCUT2D eigenvalue weighted by molar-refractivity contribution is 0.569. The van der Waals surface area contributed by atoms with Crippen molar-refractivity contribution >= 4 is 0 Å². The summed E-state index contributed by atoms with van der Waals surface area (Å²) in [6.45, 7) is 6.07. The quantitative estimate of drug-likeness (QED) is 0.791. The second-order valence-electron chi connectivity index (χ2n) is 4.36. The van der Waals surface area contributed by atoms with Gasteiger partial charge in [-0.25, -0.2) is 4.98 Å². The number of aromatic nitrogens is 1. The molecular weight excluding hydrogens is 224 g/mol. The zero-order valence-electron chi connectivity index (χ0n) is 11.1. The number of aryl methyl sites for hydroxylation is 1. The van der Waals surface area contributed by atoms with Crippen molar-refractivity contribution in [2.45, 2.75) is 33.2 Å². The molecule has 0 bridgehead atoms. The second kappa shape index (κ2) is 6.36. The predicted octanol–water partition coefficient (Wildman–Crippen LogP) is 3.40. The minimum Gasteiger partial charge on any atom is -0.443 e. The molecule has 0 atom stereocenters. The molecule has 2 aromatic rings. The van der Waals surface area contributed by atoms with Crippen LogP contribution in [0.1, 0.15) is 31.5 Å². The van der Waals surface area contributed by atoms with E-state index in [0.29, 0.717) is 0 Å². The molecule has 1 heterocycles. The molecule has 1 N–H and O–H groups in total. The third-order valence-corrected chi connectivity index (χ3v) is 2.98. The van der Waals surface area contributed by atoms with Crippen molar-refractivity contribution in [2.24, 2.45) is 0 Å². The Labute approximate surface area is 108 Å². The summed E-state index contributed by atoms with van der Waals surface area (Å²) in [5.41, 5.74) is 3.41. The molecule has 0 aliphatic heterocycles. The van der Waals surface area contributed by atoms with Crippen LogP contribution in [0.25, 0.3) is 11.3 Å². The molecule has 0 amide bonds. The Morgan fingerprint density at radius 3 is 2.61 bits per heavy atom. The number of hydrogen-bond donors (Lipinski definition) is 1. The van der Waals surface area contributed by atoms with E-state index in [1.54, 1.807) is 0 Å². The van der Waals surface area contributed by atoms with Crippen LogP contribution >= 0.6 is 0 Å². The maximum Gasteiger partial charge on any atom is 0.181 e. The summed E-state index contributed by atoms with van der Waals surface area (Å²) in [4.78, 5) is 4.28. The van der Waals surface area contributed by atoms with E-state index in [4.69, 9.17) is 4.42 Å². The Kier molecular flexibility index (Phi) is 4.53. The summed E-state index contributed by atoms with van der Waals surface area (Å²) in [5.74, 6) is 0.876. The first kappa shape index (κ1) is 12.8. The fraction of sp³-hybridized carbons (Fsp3) is 0.400. The molecule has 0 radical (unpaired) electrons. The fourth-order valence-electron chi connectivity index (χ4n) is 1.91. The highest BCUT2D eigenvalue weighted by atomic mass is 16.3. The van der Waals surface area contributed by atoms with Crippen LogP contribution in [0.2, 0.25) is 0 Å². The van der Waals surface area contributed by atoms with E-state index >= 15 is 0 Å². The highest BCUT2D eigenvalue weighted by Gasteiger charge is 2.09. The van der Waals surface area contributed by atoms with Crippen LogP contribution in [0, 0.1) is 0 Å². The van der Waals surface area contributed by atoms with Gasteiger partial charge in [0.2, 0.25) is 0 Å². The maximum atomic E-state index is 5.50. The van der Waals surface area contributed by atoms with E-state index in [2.05, 4.69) is 48.4 Å². The van der Waals surface area contributed by atoms with Gasteiger partial charge in [0.05, 0.1) is 0 Å². The first-order valence-corrected chi connectivity index (χ1v) is 6.57. The summed E-state index contributed by atoms with van der Waals surface area (Å²) in [6, 6.07) is 8.48. The van der Waals surface area contributed by atoms with Crippen molar-refractivity contribution < 1.29 is 4.42 Å². The molecule has 0 aliphatic carbocycles. The Bertz CT molecular complexity index is 473. The Morgan fingerprint density at radius 1 is 1.17 bits per heavy atom. The van der Waals surface area contributed by atoms with Gasteiger partial charge in [-0.2, -0.15) is 0 Å². The van der Waals surface area contributed by atoms with Gasteiger partial charge in [-0.1, -0.05) is 38.1 Å². The summed E-state index contributed by atoms with van der Waals surface area (Å²) in [6.07, 6.45) is 3.70. The van der Waals surface area contributed by atoms with Crippen LogP contribution < -0.4 is 5.32 Å². The molecule has 96 valence electrons. The number of hydrogen-bond acceptors (Lipinski definition) is 3. The zero-order chi connectivity index (χ0) is 12.8. The average Bonchev–Trinajstić information content (AvgIpc) is 2.88. The van der Waals surface area contributed by atoms with E-state index < -0.39 is 0 Å². The van der Waals surface area contributed by atoms with Crippen LogP contribution in [0.4, 0.5) is 0 Å². The molecule has 3 nitrogen and oxygen atoms in total. The van der Waals surface area contributed by atoms with Crippen molar-refractivity contribution in [3.63, 3.8) is 0 Å². The molecular formula is C15H20N2O. The molecule has 0 spiro atoms. The first-order valence-electron chi connectivity index (χ1n) is 6.57. The topological polar surface area (TPSA) is 38.1 Å². The van der Waals surface area contributed by atoms with Crippen LogP contribution in [-0.4, -0.2) is 11.5 Å². The van der Waals surface area contributed by atoms with Crippen LogP contribution in [0.15, 0.2) is 35.1 Å². The SMILES string of the molecule is CCCNCc1ncoc1-c1ccc(CC)cc1. The van der Waals surface area contributed by atoms with Crippen LogP contribution in [0.5, 0.6) is 0 Å². The standard InChI is InChI=1S/C15H20N2O/c1-3-9-16-10-14-15(18-11-17-14)13-7-5-12(4-2)6-8-13/h5-8,11,16H,3-4,9-10H2,1-2H3. The summed E-state index contributed by atoms with van der Waals surface area (Å²) >= 11 is 0. The van der Waals surface area contributed by atoms with Crippen molar-refractivity contribution in [3.05, 3.63) is 41.9 Å². The minimum atomic E-state index is 0.759.